The minimum Gasteiger partial charge on any atom is -0.497 e. The van der Waals surface area contributed by atoms with E-state index in [0.717, 1.165) is 9.13 Å². The van der Waals surface area contributed by atoms with Gasteiger partial charge in [0.1, 0.15) is 10.1 Å². The standard InChI is InChI=1S/C22H21IN2O5S2/c1-4-25-21(27)18(32-22(25)31)11-13-9-16(23)20(17(10-13)29-3)30-12-19(26)24-14-5-7-15(28-2)8-6-14/h5-11H,4,12H2,1-3H3,(H,24,26)/b18-11-. The number of nitrogens with one attached hydrogen (secondary N) is 1. The Labute approximate surface area is 209 Å². The van der Waals surface area contributed by atoms with E-state index >= 15 is 0 Å². The number of anilines is 1. The Morgan fingerprint density at radius 1 is 1.22 bits per heavy atom. The lowest BCUT2D eigenvalue weighted by atomic mass is 10.2. The number of methoxy groups -OCH3 is 2. The first-order valence-electron chi connectivity index (χ1n) is 9.55. The van der Waals surface area contributed by atoms with Crippen molar-refractivity contribution in [2.75, 3.05) is 32.7 Å². The van der Waals surface area contributed by atoms with Gasteiger partial charge in [0.25, 0.3) is 11.8 Å². The Bertz CT molecular complexity index is 1070. The highest BCUT2D eigenvalue weighted by Gasteiger charge is 2.30. The van der Waals surface area contributed by atoms with Gasteiger partial charge in [-0.05, 0) is 77.6 Å². The molecule has 0 bridgehead atoms. The molecular weight excluding hydrogens is 563 g/mol. The zero-order valence-corrected chi connectivity index (χ0v) is 21.4. The summed E-state index contributed by atoms with van der Waals surface area (Å²) in [5.74, 6) is 1.21. The fourth-order valence-electron chi connectivity index (χ4n) is 2.90. The van der Waals surface area contributed by atoms with Gasteiger partial charge in [-0.15, -0.1) is 0 Å². The lowest BCUT2D eigenvalue weighted by Gasteiger charge is -2.14. The first kappa shape index (κ1) is 24.3. The molecule has 0 aromatic heterocycles. The SMILES string of the molecule is CCN1C(=O)/C(=C/c2cc(I)c(OCC(=O)Nc3ccc(OC)cc3)c(OC)c2)SC1=S. The second-order valence-corrected chi connectivity index (χ2v) is 9.36. The van der Waals surface area contributed by atoms with E-state index in [2.05, 4.69) is 27.9 Å². The Hall–Kier alpha value is -2.31. The molecule has 0 unspecified atom stereocenters. The summed E-state index contributed by atoms with van der Waals surface area (Å²) >= 11 is 8.65. The summed E-state index contributed by atoms with van der Waals surface area (Å²) < 4.78 is 17.6. The summed E-state index contributed by atoms with van der Waals surface area (Å²) in [4.78, 5) is 26.9. The summed E-state index contributed by atoms with van der Waals surface area (Å²) in [5.41, 5.74) is 1.42. The van der Waals surface area contributed by atoms with Gasteiger partial charge >= 0.3 is 0 Å². The monoisotopic (exact) mass is 584 g/mol. The number of halogens is 1. The van der Waals surface area contributed by atoms with Crippen LogP contribution >= 0.6 is 46.6 Å². The van der Waals surface area contributed by atoms with Crippen molar-refractivity contribution < 1.29 is 23.8 Å². The third-order valence-corrected chi connectivity index (χ3v) is 6.64. The average Bonchev–Trinajstić information content (AvgIpc) is 3.05. The van der Waals surface area contributed by atoms with Gasteiger partial charge in [-0.3, -0.25) is 14.5 Å². The Morgan fingerprint density at radius 2 is 1.94 bits per heavy atom. The number of nitrogens with zero attached hydrogens (tertiary/aromatic N) is 1. The Balaban J connectivity index is 1.71. The van der Waals surface area contributed by atoms with Crippen molar-refractivity contribution in [2.45, 2.75) is 6.92 Å². The molecule has 1 fully saturated rings. The Kier molecular flexibility index (Phi) is 8.38. The lowest BCUT2D eigenvalue weighted by Crippen LogP contribution is -2.27. The summed E-state index contributed by atoms with van der Waals surface area (Å²) in [7, 11) is 3.10. The van der Waals surface area contributed by atoms with Crippen LogP contribution in [0.3, 0.4) is 0 Å². The first-order valence-corrected chi connectivity index (χ1v) is 11.9. The van der Waals surface area contributed by atoms with E-state index < -0.39 is 0 Å². The Morgan fingerprint density at radius 3 is 2.53 bits per heavy atom. The van der Waals surface area contributed by atoms with Crippen molar-refractivity contribution in [2.24, 2.45) is 0 Å². The van der Waals surface area contributed by atoms with E-state index in [1.807, 2.05) is 13.0 Å². The average molecular weight is 584 g/mol. The van der Waals surface area contributed by atoms with E-state index in [1.165, 1.54) is 18.9 Å². The molecule has 3 rings (SSSR count). The quantitative estimate of drug-likeness (QED) is 0.277. The van der Waals surface area contributed by atoms with E-state index in [0.29, 0.717) is 38.7 Å². The molecule has 168 valence electrons. The molecule has 0 spiro atoms. The van der Waals surface area contributed by atoms with Crippen LogP contribution in [0.4, 0.5) is 5.69 Å². The fourth-order valence-corrected chi connectivity index (χ4v) is 5.06. The van der Waals surface area contributed by atoms with Gasteiger partial charge < -0.3 is 19.5 Å². The molecule has 1 aliphatic heterocycles. The minimum absolute atomic E-state index is 0.105. The molecule has 1 N–H and O–H groups in total. The molecule has 10 heteroatoms. The van der Waals surface area contributed by atoms with Gasteiger partial charge in [0.15, 0.2) is 18.1 Å². The number of hydrogen-bond donors (Lipinski definition) is 1. The summed E-state index contributed by atoms with van der Waals surface area (Å²) in [5, 5.41) is 2.77. The van der Waals surface area contributed by atoms with Crippen molar-refractivity contribution in [1.29, 1.82) is 0 Å². The predicted octanol–water partition coefficient (Wildman–Crippen LogP) is 4.55. The van der Waals surface area contributed by atoms with Gasteiger partial charge in [0.2, 0.25) is 0 Å². The zero-order chi connectivity index (χ0) is 23.3. The van der Waals surface area contributed by atoms with E-state index in [9.17, 15) is 9.59 Å². The van der Waals surface area contributed by atoms with Gasteiger partial charge in [-0.2, -0.15) is 0 Å². The molecule has 7 nitrogen and oxygen atoms in total. The second-order valence-electron chi connectivity index (χ2n) is 6.53. The van der Waals surface area contributed by atoms with E-state index in [4.69, 9.17) is 26.4 Å². The molecule has 32 heavy (non-hydrogen) atoms. The number of carbonyl (C=O) groups is 2. The van der Waals surface area contributed by atoms with Crippen molar-refractivity contribution in [3.8, 4) is 17.2 Å². The normalized spacial score (nSPS) is 14.6. The van der Waals surface area contributed by atoms with Crippen LogP contribution < -0.4 is 19.5 Å². The molecular formula is C22H21IN2O5S2. The number of carbonyl (C=O) groups excluding carboxylic acids is 2. The molecule has 0 aliphatic carbocycles. The number of thiocarbonyl (C=S) groups is 1. The van der Waals surface area contributed by atoms with Crippen LogP contribution in [-0.2, 0) is 9.59 Å². The minimum atomic E-state index is -0.305. The van der Waals surface area contributed by atoms with E-state index in [1.54, 1.807) is 48.4 Å². The van der Waals surface area contributed by atoms with Crippen LogP contribution in [-0.4, -0.2) is 48.4 Å². The molecule has 0 atom stereocenters. The fraction of sp³-hybridized carbons (Fsp3) is 0.227. The predicted molar refractivity (Wildman–Crippen MR) is 138 cm³/mol. The third kappa shape index (κ3) is 5.73. The molecule has 2 aromatic carbocycles. The summed E-state index contributed by atoms with van der Waals surface area (Å²) in [6.45, 7) is 2.23. The topological polar surface area (TPSA) is 77.1 Å². The molecule has 1 saturated heterocycles. The third-order valence-electron chi connectivity index (χ3n) is 4.46. The smallest absolute Gasteiger partial charge is 0.266 e. The van der Waals surface area contributed by atoms with Crippen LogP contribution in [0.5, 0.6) is 17.2 Å². The van der Waals surface area contributed by atoms with Crippen LogP contribution in [0.2, 0.25) is 0 Å². The second kappa shape index (κ2) is 11.0. The highest BCUT2D eigenvalue weighted by molar-refractivity contribution is 14.1. The number of ether oxygens (including phenoxy) is 3. The van der Waals surface area contributed by atoms with Crippen LogP contribution in [0.25, 0.3) is 6.08 Å². The van der Waals surface area contributed by atoms with Crippen LogP contribution in [0.1, 0.15) is 12.5 Å². The van der Waals surface area contributed by atoms with E-state index in [-0.39, 0.29) is 18.4 Å². The molecule has 2 amide bonds. The first-order chi connectivity index (χ1) is 15.4. The van der Waals surface area contributed by atoms with Gasteiger partial charge in [-0.25, -0.2) is 0 Å². The molecule has 0 radical (unpaired) electrons. The maximum Gasteiger partial charge on any atom is 0.266 e. The van der Waals surface area contributed by atoms with Gasteiger partial charge in [0, 0.05) is 12.2 Å². The summed E-state index contributed by atoms with van der Waals surface area (Å²) in [6.07, 6.45) is 1.78. The molecule has 2 aromatic rings. The highest BCUT2D eigenvalue weighted by Crippen LogP contribution is 2.37. The maximum absolute atomic E-state index is 12.5. The number of likely N-dealkylation sites (N-methyl/N-ethyl adjacent to an activating group) is 1. The maximum atomic E-state index is 12.5. The summed E-state index contributed by atoms with van der Waals surface area (Å²) in [6, 6.07) is 10.6. The number of amides is 2. The van der Waals surface area contributed by atoms with Gasteiger partial charge in [-0.1, -0.05) is 24.0 Å². The van der Waals surface area contributed by atoms with Crippen molar-refractivity contribution >= 4 is 74.5 Å². The van der Waals surface area contributed by atoms with Gasteiger partial charge in [0.05, 0.1) is 22.7 Å². The number of rotatable bonds is 8. The molecule has 1 heterocycles. The highest BCUT2D eigenvalue weighted by atomic mass is 127. The van der Waals surface area contributed by atoms with Crippen molar-refractivity contribution in [1.82, 2.24) is 4.90 Å². The molecule has 0 saturated carbocycles. The zero-order valence-electron chi connectivity index (χ0n) is 17.6. The van der Waals surface area contributed by atoms with Crippen molar-refractivity contribution in [3.63, 3.8) is 0 Å². The van der Waals surface area contributed by atoms with Crippen molar-refractivity contribution in [3.05, 3.63) is 50.4 Å². The largest absolute Gasteiger partial charge is 0.497 e. The molecule has 1 aliphatic rings. The van der Waals surface area contributed by atoms with Crippen LogP contribution in [0, 0.1) is 3.57 Å². The van der Waals surface area contributed by atoms with Crippen LogP contribution in [0.15, 0.2) is 41.3 Å². The lowest BCUT2D eigenvalue weighted by molar-refractivity contribution is -0.122. The number of thioether (sulfide) groups is 1. The number of benzene rings is 2. The number of hydrogen-bond acceptors (Lipinski definition) is 7.